The minimum Gasteiger partial charge on any atom is -0.322 e. The highest BCUT2D eigenvalue weighted by Crippen LogP contribution is 2.17. The zero-order chi connectivity index (χ0) is 18.0. The molecule has 1 heterocycles. The minimum atomic E-state index is -3.68. The van der Waals surface area contributed by atoms with Crippen LogP contribution in [0.1, 0.15) is 15.9 Å². The van der Waals surface area contributed by atoms with Crippen molar-refractivity contribution in [1.82, 2.24) is 10.0 Å². The van der Waals surface area contributed by atoms with E-state index in [1.165, 1.54) is 42.5 Å². The molecule has 3 rings (SSSR count). The van der Waals surface area contributed by atoms with Gasteiger partial charge in [0, 0.05) is 30.4 Å². The predicted molar refractivity (Wildman–Crippen MR) is 92.5 cm³/mol. The summed E-state index contributed by atoms with van der Waals surface area (Å²) in [5.74, 6) is -0.823. The Kier molecular flexibility index (Phi) is 4.85. The summed E-state index contributed by atoms with van der Waals surface area (Å²) in [5, 5.41) is 5.62. The summed E-state index contributed by atoms with van der Waals surface area (Å²) < 4.78 is 40.5. The molecule has 1 fully saturated rings. The molecule has 0 radical (unpaired) electrons. The molecule has 0 saturated carbocycles. The van der Waals surface area contributed by atoms with Gasteiger partial charge < -0.3 is 10.6 Å². The first-order valence-corrected chi connectivity index (χ1v) is 9.24. The SMILES string of the molecule is Cc1cc(NC(=O)c2cccc(S(=O)(=O)NC3CNC3)c2)ccc1F. The molecule has 0 unspecified atom stereocenters. The Balaban J connectivity index is 1.78. The van der Waals surface area contributed by atoms with E-state index in [0.29, 0.717) is 24.3 Å². The van der Waals surface area contributed by atoms with Crippen LogP contribution in [0, 0.1) is 12.7 Å². The summed E-state index contributed by atoms with van der Waals surface area (Å²) in [5.41, 5.74) is 1.06. The van der Waals surface area contributed by atoms with E-state index in [4.69, 9.17) is 0 Å². The monoisotopic (exact) mass is 363 g/mol. The van der Waals surface area contributed by atoms with Crippen molar-refractivity contribution in [2.24, 2.45) is 0 Å². The summed E-state index contributed by atoms with van der Waals surface area (Å²) in [6, 6.07) is 9.89. The van der Waals surface area contributed by atoms with Crippen molar-refractivity contribution in [3.05, 3.63) is 59.4 Å². The topological polar surface area (TPSA) is 87.3 Å². The summed E-state index contributed by atoms with van der Waals surface area (Å²) in [6.07, 6.45) is 0. The smallest absolute Gasteiger partial charge is 0.255 e. The lowest BCUT2D eigenvalue weighted by molar-refractivity contribution is 0.102. The normalized spacial score (nSPS) is 14.8. The molecule has 1 amide bonds. The molecule has 0 aliphatic carbocycles. The Labute approximate surface area is 145 Å². The molecule has 2 aromatic rings. The van der Waals surface area contributed by atoms with Crippen LogP contribution in [-0.2, 0) is 10.0 Å². The summed E-state index contributed by atoms with van der Waals surface area (Å²) in [4.78, 5) is 12.4. The van der Waals surface area contributed by atoms with Crippen molar-refractivity contribution in [3.8, 4) is 0 Å². The van der Waals surface area contributed by atoms with Gasteiger partial charge >= 0.3 is 0 Å². The van der Waals surface area contributed by atoms with Crippen molar-refractivity contribution < 1.29 is 17.6 Å². The number of halogens is 1. The van der Waals surface area contributed by atoms with Gasteiger partial charge in [0.2, 0.25) is 10.0 Å². The summed E-state index contributed by atoms with van der Waals surface area (Å²) in [7, 11) is -3.68. The maximum Gasteiger partial charge on any atom is 0.255 e. The highest BCUT2D eigenvalue weighted by Gasteiger charge is 2.24. The average molecular weight is 363 g/mol. The lowest BCUT2D eigenvalue weighted by atomic mass is 10.2. The molecule has 1 aliphatic heterocycles. The van der Waals surface area contributed by atoms with E-state index in [2.05, 4.69) is 15.4 Å². The second-order valence-electron chi connectivity index (χ2n) is 5.92. The molecular weight excluding hydrogens is 345 g/mol. The Hall–Kier alpha value is -2.29. The number of aryl methyl sites for hydroxylation is 1. The molecule has 1 aliphatic rings. The van der Waals surface area contributed by atoms with Crippen LogP contribution in [0.15, 0.2) is 47.4 Å². The van der Waals surface area contributed by atoms with Crippen molar-refractivity contribution in [2.45, 2.75) is 17.9 Å². The molecule has 0 atom stereocenters. The van der Waals surface area contributed by atoms with Crippen molar-refractivity contribution >= 4 is 21.6 Å². The molecule has 8 heteroatoms. The van der Waals surface area contributed by atoms with Crippen LogP contribution < -0.4 is 15.4 Å². The summed E-state index contributed by atoms with van der Waals surface area (Å²) in [6.45, 7) is 2.77. The van der Waals surface area contributed by atoms with Gasteiger partial charge in [-0.3, -0.25) is 4.79 Å². The number of hydrogen-bond donors (Lipinski definition) is 3. The molecule has 3 N–H and O–H groups in total. The van der Waals surface area contributed by atoms with Gasteiger partial charge in [-0.15, -0.1) is 0 Å². The van der Waals surface area contributed by atoms with Gasteiger partial charge in [-0.1, -0.05) is 6.07 Å². The van der Waals surface area contributed by atoms with Crippen molar-refractivity contribution in [1.29, 1.82) is 0 Å². The van der Waals surface area contributed by atoms with Crippen molar-refractivity contribution in [3.63, 3.8) is 0 Å². The van der Waals surface area contributed by atoms with Crippen molar-refractivity contribution in [2.75, 3.05) is 18.4 Å². The van der Waals surface area contributed by atoms with E-state index in [9.17, 15) is 17.6 Å². The van der Waals surface area contributed by atoms with Crippen LogP contribution >= 0.6 is 0 Å². The lowest BCUT2D eigenvalue weighted by Gasteiger charge is -2.27. The third-order valence-electron chi connectivity index (χ3n) is 3.93. The van der Waals surface area contributed by atoms with E-state index in [0.717, 1.165) is 0 Å². The number of carbonyl (C=O) groups excluding carboxylic acids is 1. The van der Waals surface area contributed by atoms with Gasteiger partial charge in [0.25, 0.3) is 5.91 Å². The number of anilines is 1. The number of rotatable bonds is 5. The second-order valence-corrected chi connectivity index (χ2v) is 7.64. The predicted octanol–water partition coefficient (Wildman–Crippen LogP) is 1.64. The third-order valence-corrected chi connectivity index (χ3v) is 5.44. The Morgan fingerprint density at radius 3 is 2.60 bits per heavy atom. The van der Waals surface area contributed by atoms with Crippen LogP contribution in [0.5, 0.6) is 0 Å². The van der Waals surface area contributed by atoms with Crippen LogP contribution in [0.25, 0.3) is 0 Å². The number of hydrogen-bond acceptors (Lipinski definition) is 4. The maximum atomic E-state index is 13.3. The van der Waals surface area contributed by atoms with Crippen LogP contribution in [-0.4, -0.2) is 33.5 Å². The molecule has 132 valence electrons. The number of amides is 1. The Morgan fingerprint density at radius 1 is 1.20 bits per heavy atom. The molecule has 0 bridgehead atoms. The van der Waals surface area contributed by atoms with Crippen LogP contribution in [0.3, 0.4) is 0 Å². The molecule has 6 nitrogen and oxygen atoms in total. The van der Waals surface area contributed by atoms with Gasteiger partial charge in [-0.25, -0.2) is 17.5 Å². The van der Waals surface area contributed by atoms with Gasteiger partial charge in [0.1, 0.15) is 5.82 Å². The zero-order valence-corrected chi connectivity index (χ0v) is 14.4. The lowest BCUT2D eigenvalue weighted by Crippen LogP contribution is -2.56. The van der Waals surface area contributed by atoms with Gasteiger partial charge in [0.15, 0.2) is 0 Å². The summed E-state index contributed by atoms with van der Waals surface area (Å²) >= 11 is 0. The second kappa shape index (κ2) is 6.91. The van der Waals surface area contributed by atoms with E-state index < -0.39 is 15.9 Å². The van der Waals surface area contributed by atoms with E-state index in [1.54, 1.807) is 6.92 Å². The van der Waals surface area contributed by atoms with Gasteiger partial charge in [-0.05, 0) is 48.9 Å². The molecule has 25 heavy (non-hydrogen) atoms. The fraction of sp³-hybridized carbons (Fsp3) is 0.235. The highest BCUT2D eigenvalue weighted by molar-refractivity contribution is 7.89. The number of benzene rings is 2. The Morgan fingerprint density at radius 2 is 1.96 bits per heavy atom. The van der Waals surface area contributed by atoms with Gasteiger partial charge in [0.05, 0.1) is 4.90 Å². The average Bonchev–Trinajstić information content (AvgIpc) is 2.55. The minimum absolute atomic E-state index is 0.0299. The third kappa shape index (κ3) is 4.04. The number of sulfonamides is 1. The molecule has 2 aromatic carbocycles. The first-order valence-electron chi connectivity index (χ1n) is 7.76. The van der Waals surface area contributed by atoms with Crippen LogP contribution in [0.2, 0.25) is 0 Å². The van der Waals surface area contributed by atoms with Crippen LogP contribution in [0.4, 0.5) is 10.1 Å². The largest absolute Gasteiger partial charge is 0.322 e. The quantitative estimate of drug-likeness (QED) is 0.754. The standard InChI is InChI=1S/C17H18FN3O3S/c1-11-7-13(5-6-16(11)18)20-17(22)12-3-2-4-15(8-12)25(23,24)21-14-9-19-10-14/h2-8,14,19,21H,9-10H2,1H3,(H,20,22). The van der Waals surface area contributed by atoms with E-state index in [-0.39, 0.29) is 22.3 Å². The molecule has 0 spiro atoms. The molecule has 0 aromatic heterocycles. The van der Waals surface area contributed by atoms with E-state index in [1.807, 2.05) is 0 Å². The first-order chi connectivity index (χ1) is 11.8. The number of carbonyl (C=O) groups is 1. The Bertz CT molecular complexity index is 911. The molecule has 1 saturated heterocycles. The number of nitrogens with one attached hydrogen (secondary N) is 3. The highest BCUT2D eigenvalue weighted by atomic mass is 32.2. The first kappa shape index (κ1) is 17.5. The molecular formula is C17H18FN3O3S. The maximum absolute atomic E-state index is 13.3. The van der Waals surface area contributed by atoms with Gasteiger partial charge in [-0.2, -0.15) is 0 Å². The fourth-order valence-corrected chi connectivity index (χ4v) is 3.67. The fourth-order valence-electron chi connectivity index (χ4n) is 2.39. The van der Waals surface area contributed by atoms with E-state index >= 15 is 0 Å². The zero-order valence-electron chi connectivity index (χ0n) is 13.5.